The van der Waals surface area contributed by atoms with Gasteiger partial charge in [0, 0.05) is 6.54 Å². The van der Waals surface area contributed by atoms with Crippen molar-refractivity contribution in [2.45, 2.75) is 34.1 Å². The highest BCUT2D eigenvalue weighted by Gasteiger charge is 2.07. The minimum Gasteiger partial charge on any atom is -0.368 e. The van der Waals surface area contributed by atoms with Crippen molar-refractivity contribution in [3.63, 3.8) is 0 Å². The molecule has 1 N–H and O–H groups in total. The summed E-state index contributed by atoms with van der Waals surface area (Å²) in [4.78, 5) is 2.41. The molecular weight excluding hydrogens is 248 g/mol. The molecule has 0 spiro atoms. The third-order valence-electron chi connectivity index (χ3n) is 3.30. The molecule has 18 heavy (non-hydrogen) atoms. The molecule has 0 unspecified atom stereocenters. The zero-order valence-electron chi connectivity index (χ0n) is 11.8. The van der Waals surface area contributed by atoms with E-state index in [2.05, 4.69) is 34.3 Å². The quantitative estimate of drug-likeness (QED) is 0.774. The van der Waals surface area contributed by atoms with Crippen molar-refractivity contribution in [1.29, 1.82) is 0 Å². The van der Waals surface area contributed by atoms with Gasteiger partial charge in [-0.25, -0.2) is 0 Å². The minimum atomic E-state index is 0.487. The first kappa shape index (κ1) is 15.2. The molecule has 1 rings (SSSR count). The summed E-state index contributed by atoms with van der Waals surface area (Å²) in [5.41, 5.74) is 2.08. The number of hydrogen-bond acceptors (Lipinski definition) is 4. The van der Waals surface area contributed by atoms with Crippen molar-refractivity contribution in [3.05, 3.63) is 16.3 Å². The molecule has 4 nitrogen and oxygen atoms in total. The van der Waals surface area contributed by atoms with Gasteiger partial charge in [0.25, 0.3) is 0 Å². The van der Waals surface area contributed by atoms with Crippen LogP contribution in [0.3, 0.4) is 0 Å². The van der Waals surface area contributed by atoms with E-state index in [1.165, 1.54) is 0 Å². The van der Waals surface area contributed by atoms with E-state index in [0.717, 1.165) is 49.5 Å². The van der Waals surface area contributed by atoms with Gasteiger partial charge in [-0.2, -0.15) is 0 Å². The number of nitrogens with one attached hydrogen (secondary N) is 1. The summed E-state index contributed by atoms with van der Waals surface area (Å²) in [6, 6.07) is 0. The van der Waals surface area contributed by atoms with Gasteiger partial charge in [0.05, 0.1) is 0 Å². The van der Waals surface area contributed by atoms with Crippen molar-refractivity contribution >= 4 is 17.4 Å². The van der Waals surface area contributed by atoms with Crippen LogP contribution in [-0.2, 0) is 0 Å². The van der Waals surface area contributed by atoms with Gasteiger partial charge < -0.3 is 10.2 Å². The lowest BCUT2D eigenvalue weighted by Gasteiger charge is -2.18. The fraction of sp³-hybridized carbons (Fsp3) is 0.692. The molecule has 102 valence electrons. The average Bonchev–Trinajstić information content (AvgIpc) is 2.38. The predicted molar refractivity (Wildman–Crippen MR) is 77.4 cm³/mol. The number of anilines is 1. The van der Waals surface area contributed by atoms with Crippen molar-refractivity contribution in [2.75, 3.05) is 31.5 Å². The van der Waals surface area contributed by atoms with Crippen LogP contribution < -0.4 is 5.32 Å². The lowest BCUT2D eigenvalue weighted by atomic mass is 10.2. The second-order valence-corrected chi connectivity index (χ2v) is 4.75. The lowest BCUT2D eigenvalue weighted by Crippen LogP contribution is -2.25. The van der Waals surface area contributed by atoms with E-state index in [1.54, 1.807) is 0 Å². The number of nitrogens with zero attached hydrogens (tertiary/aromatic N) is 3. The third kappa shape index (κ3) is 4.10. The highest BCUT2D eigenvalue weighted by atomic mass is 35.5. The zero-order valence-corrected chi connectivity index (χ0v) is 12.5. The molecule has 0 radical (unpaired) electrons. The molecule has 1 heterocycles. The standard InChI is InChI=1S/C13H23ClN4/c1-5-18(6-2)9-7-8-15-13-11(4)10(3)12(14)16-17-13/h5-9H2,1-4H3,(H,15,17). The van der Waals surface area contributed by atoms with Crippen LogP contribution in [0.15, 0.2) is 0 Å². The predicted octanol–water partition coefficient (Wildman–Crippen LogP) is 2.89. The Hall–Kier alpha value is -0.870. The van der Waals surface area contributed by atoms with E-state index in [1.807, 2.05) is 13.8 Å². The number of halogens is 1. The maximum atomic E-state index is 5.92. The second kappa shape index (κ2) is 7.54. The van der Waals surface area contributed by atoms with Crippen LogP contribution in [0, 0.1) is 13.8 Å². The molecule has 0 aliphatic heterocycles. The van der Waals surface area contributed by atoms with Crippen molar-refractivity contribution < 1.29 is 0 Å². The Labute approximate surface area is 115 Å². The SMILES string of the molecule is CCN(CC)CCCNc1nnc(Cl)c(C)c1C. The number of rotatable bonds is 7. The van der Waals surface area contributed by atoms with Crippen LogP contribution in [0.5, 0.6) is 0 Å². The van der Waals surface area contributed by atoms with Gasteiger partial charge in [0.2, 0.25) is 0 Å². The maximum Gasteiger partial charge on any atom is 0.155 e. The van der Waals surface area contributed by atoms with Crippen molar-refractivity contribution in [3.8, 4) is 0 Å². The molecule has 0 bridgehead atoms. The van der Waals surface area contributed by atoms with Gasteiger partial charge in [0.1, 0.15) is 0 Å². The van der Waals surface area contributed by atoms with Gasteiger partial charge in [-0.3, -0.25) is 0 Å². The number of aromatic nitrogens is 2. The molecule has 1 aromatic rings. The molecule has 0 saturated carbocycles. The Morgan fingerprint density at radius 2 is 1.78 bits per heavy atom. The van der Waals surface area contributed by atoms with E-state index in [4.69, 9.17) is 11.6 Å². The highest BCUT2D eigenvalue weighted by molar-refractivity contribution is 6.30. The fourth-order valence-electron chi connectivity index (χ4n) is 1.79. The van der Waals surface area contributed by atoms with Crippen LogP contribution in [0.2, 0.25) is 5.15 Å². The van der Waals surface area contributed by atoms with Crippen molar-refractivity contribution in [1.82, 2.24) is 15.1 Å². The van der Waals surface area contributed by atoms with Crippen LogP contribution >= 0.6 is 11.6 Å². The highest BCUT2D eigenvalue weighted by Crippen LogP contribution is 2.20. The molecule has 0 saturated heterocycles. The largest absolute Gasteiger partial charge is 0.368 e. The molecule has 0 aliphatic rings. The Balaban J connectivity index is 2.43. The molecule has 0 fully saturated rings. The van der Waals surface area contributed by atoms with E-state index in [9.17, 15) is 0 Å². The molecule has 1 aromatic heterocycles. The summed E-state index contributed by atoms with van der Waals surface area (Å²) < 4.78 is 0. The van der Waals surface area contributed by atoms with Crippen LogP contribution in [0.4, 0.5) is 5.82 Å². The smallest absolute Gasteiger partial charge is 0.155 e. The molecular formula is C13H23ClN4. The zero-order chi connectivity index (χ0) is 13.5. The normalized spacial score (nSPS) is 11.0. The Morgan fingerprint density at radius 1 is 1.11 bits per heavy atom. The lowest BCUT2D eigenvalue weighted by molar-refractivity contribution is 0.303. The minimum absolute atomic E-state index is 0.487. The molecule has 0 aliphatic carbocycles. The topological polar surface area (TPSA) is 41.0 Å². The van der Waals surface area contributed by atoms with E-state index in [-0.39, 0.29) is 0 Å². The van der Waals surface area contributed by atoms with Crippen LogP contribution in [-0.4, -0.2) is 41.3 Å². The third-order valence-corrected chi connectivity index (χ3v) is 3.66. The summed E-state index contributed by atoms with van der Waals surface area (Å²) >= 11 is 5.92. The number of hydrogen-bond donors (Lipinski definition) is 1. The molecule has 0 aromatic carbocycles. The first-order valence-electron chi connectivity index (χ1n) is 6.55. The summed E-state index contributed by atoms with van der Waals surface area (Å²) in [5.74, 6) is 0.844. The first-order valence-corrected chi connectivity index (χ1v) is 6.93. The molecule has 0 atom stereocenters. The Bertz CT molecular complexity index is 377. The van der Waals surface area contributed by atoms with Gasteiger partial charge in [0.15, 0.2) is 11.0 Å². The van der Waals surface area contributed by atoms with E-state index < -0.39 is 0 Å². The van der Waals surface area contributed by atoms with E-state index >= 15 is 0 Å². The first-order chi connectivity index (χ1) is 8.60. The van der Waals surface area contributed by atoms with Crippen LogP contribution in [0.25, 0.3) is 0 Å². The maximum absolute atomic E-state index is 5.92. The van der Waals surface area contributed by atoms with Gasteiger partial charge >= 0.3 is 0 Å². The Kier molecular flexibility index (Phi) is 6.36. The van der Waals surface area contributed by atoms with Crippen molar-refractivity contribution in [2.24, 2.45) is 0 Å². The molecule has 0 amide bonds. The summed E-state index contributed by atoms with van der Waals surface area (Å²) in [5, 5.41) is 11.8. The second-order valence-electron chi connectivity index (χ2n) is 4.40. The fourth-order valence-corrected chi connectivity index (χ4v) is 1.97. The Morgan fingerprint density at radius 3 is 2.39 bits per heavy atom. The van der Waals surface area contributed by atoms with Crippen LogP contribution in [0.1, 0.15) is 31.4 Å². The summed E-state index contributed by atoms with van der Waals surface area (Å²) in [7, 11) is 0. The molecule has 5 heteroatoms. The summed E-state index contributed by atoms with van der Waals surface area (Å²) in [6.45, 7) is 12.6. The van der Waals surface area contributed by atoms with E-state index in [0.29, 0.717) is 5.15 Å². The monoisotopic (exact) mass is 270 g/mol. The van der Waals surface area contributed by atoms with Gasteiger partial charge in [-0.1, -0.05) is 25.4 Å². The summed E-state index contributed by atoms with van der Waals surface area (Å²) in [6.07, 6.45) is 1.10. The average molecular weight is 271 g/mol. The van der Waals surface area contributed by atoms with Gasteiger partial charge in [-0.15, -0.1) is 10.2 Å². The van der Waals surface area contributed by atoms with Gasteiger partial charge in [-0.05, 0) is 51.0 Å².